The highest BCUT2D eigenvalue weighted by Crippen LogP contribution is 2.42. The molecule has 0 saturated carbocycles. The first-order valence-corrected chi connectivity index (χ1v) is 18.8. The fourth-order valence-electron chi connectivity index (χ4n) is 5.93. The van der Waals surface area contributed by atoms with Gasteiger partial charge in [0.15, 0.2) is 11.9 Å². The van der Waals surface area contributed by atoms with Crippen LogP contribution in [-0.2, 0) is 45.4 Å². The second kappa shape index (κ2) is 20.1. The summed E-state index contributed by atoms with van der Waals surface area (Å²) in [6.07, 6.45) is 7.37. The molecule has 0 aliphatic carbocycles. The average molecular weight is 811 g/mol. The van der Waals surface area contributed by atoms with Crippen LogP contribution in [0.1, 0.15) is 30.5 Å². The van der Waals surface area contributed by atoms with Crippen molar-refractivity contribution in [2.24, 2.45) is 0 Å². The third kappa shape index (κ3) is 12.0. The largest absolute Gasteiger partial charge is 0.512 e. The lowest BCUT2D eigenvalue weighted by atomic mass is 9.89. The van der Waals surface area contributed by atoms with Crippen molar-refractivity contribution in [3.05, 3.63) is 114 Å². The quantitative estimate of drug-likeness (QED) is 0.0932. The van der Waals surface area contributed by atoms with E-state index in [4.69, 9.17) is 28.9 Å². The second-order valence-electron chi connectivity index (χ2n) is 13.1. The fourth-order valence-corrected chi connectivity index (χ4v) is 7.29. The van der Waals surface area contributed by atoms with Gasteiger partial charge in [-0.2, -0.15) is 10.4 Å². The number of hydrogen-bond donors (Lipinski definition) is 0. The van der Waals surface area contributed by atoms with Crippen molar-refractivity contribution in [1.29, 1.82) is 5.26 Å². The van der Waals surface area contributed by atoms with Crippen LogP contribution in [0.3, 0.4) is 0 Å². The van der Waals surface area contributed by atoms with Crippen molar-refractivity contribution in [3.8, 4) is 6.07 Å². The number of allylic oxidation sites excluding steroid dienone is 2. The number of hydrogen-bond acceptors (Lipinski definition) is 13. The summed E-state index contributed by atoms with van der Waals surface area (Å²) in [6, 6.07) is 8.87. The van der Waals surface area contributed by atoms with E-state index >= 15 is 4.39 Å². The molecule has 2 aliphatic heterocycles. The number of piperazine rings is 1. The number of esters is 1. The van der Waals surface area contributed by atoms with E-state index in [0.29, 0.717) is 37.8 Å². The van der Waals surface area contributed by atoms with Crippen LogP contribution < -0.4 is 0 Å². The Labute approximate surface area is 331 Å². The summed E-state index contributed by atoms with van der Waals surface area (Å²) >= 11 is 1.24. The number of ether oxygens (including phenoxy) is 5. The normalized spacial score (nSPS) is 19.9. The molecule has 1 unspecified atom stereocenters. The van der Waals surface area contributed by atoms with Crippen molar-refractivity contribution in [1.82, 2.24) is 24.6 Å². The predicted octanol–water partition coefficient (Wildman–Crippen LogP) is 4.97. The zero-order chi connectivity index (χ0) is 41.0. The van der Waals surface area contributed by atoms with Gasteiger partial charge < -0.3 is 33.5 Å². The monoisotopic (exact) mass is 810 g/mol. The Balaban J connectivity index is 1.26. The van der Waals surface area contributed by atoms with Gasteiger partial charge in [0.25, 0.3) is 0 Å². The maximum absolute atomic E-state index is 15.7. The van der Waals surface area contributed by atoms with Crippen LogP contribution in [0.25, 0.3) is 6.08 Å². The predicted molar refractivity (Wildman–Crippen MR) is 200 cm³/mol. The number of aromatic nitrogens is 3. The number of likely N-dealkylation sites (N-methyl/N-ethyl adjacent to an activating group) is 1. The van der Waals surface area contributed by atoms with E-state index in [2.05, 4.69) is 15.0 Å². The lowest BCUT2D eigenvalue weighted by molar-refractivity contribution is -0.166. The van der Waals surface area contributed by atoms with Gasteiger partial charge in [-0.3, -0.25) is 4.79 Å². The number of thioether (sulfide) groups is 1. The standard InChI is InChI=1S/C39H41F3N6O8S/c1-26(57-31-21-52-37(53-22-31)7-5-4-6-29-9-8-28(20-43)18-33(29)41)39(23-48-25-44-24-45-48,32-11-10-30(40)19-34(32)42)56-38(51)55-27(2)54-36(50)13-12-35(49)47-16-14-46(3)15-17-47/h4-13,18-19,24-27,31,37H,14-17,21-23H2,1-3H3/b6-4+,7-5+,13-12+/t26-,27?,31?,37?,39-/m1/s1. The van der Waals surface area contributed by atoms with Crippen molar-refractivity contribution >= 4 is 35.9 Å². The molecular formula is C39H41F3N6O8S. The molecule has 3 heterocycles. The number of benzene rings is 2. The summed E-state index contributed by atoms with van der Waals surface area (Å²) in [4.78, 5) is 46.1. The molecule has 3 atom stereocenters. The van der Waals surface area contributed by atoms with Crippen LogP contribution in [0.4, 0.5) is 18.0 Å². The highest BCUT2D eigenvalue weighted by atomic mass is 32.2. The summed E-state index contributed by atoms with van der Waals surface area (Å²) in [5.41, 5.74) is -1.61. The molecule has 2 aromatic carbocycles. The minimum atomic E-state index is -1.92. The molecule has 2 aliphatic rings. The van der Waals surface area contributed by atoms with E-state index in [1.54, 1.807) is 30.1 Å². The van der Waals surface area contributed by atoms with E-state index in [0.717, 1.165) is 30.4 Å². The first kappa shape index (κ1) is 42.7. The molecule has 0 spiro atoms. The number of carbonyl (C=O) groups excluding carboxylic acids is 3. The zero-order valence-corrected chi connectivity index (χ0v) is 32.1. The topological polar surface area (TPSA) is 158 Å². The van der Waals surface area contributed by atoms with Crippen LogP contribution >= 0.6 is 11.8 Å². The van der Waals surface area contributed by atoms with E-state index in [9.17, 15) is 23.2 Å². The Morgan fingerprint density at radius 1 is 1.02 bits per heavy atom. The van der Waals surface area contributed by atoms with Crippen molar-refractivity contribution in [3.63, 3.8) is 0 Å². The molecule has 302 valence electrons. The van der Waals surface area contributed by atoms with E-state index < -0.39 is 53.0 Å². The Bertz CT molecular complexity index is 2000. The molecule has 1 aromatic heterocycles. The van der Waals surface area contributed by atoms with Gasteiger partial charge in [-0.1, -0.05) is 24.3 Å². The summed E-state index contributed by atoms with van der Waals surface area (Å²) in [6.45, 7) is 5.35. The minimum Gasteiger partial charge on any atom is -0.422 e. The highest BCUT2D eigenvalue weighted by molar-refractivity contribution is 8.00. The zero-order valence-electron chi connectivity index (χ0n) is 31.3. The Morgan fingerprint density at radius 3 is 2.44 bits per heavy atom. The maximum Gasteiger partial charge on any atom is 0.512 e. The number of nitrogens with zero attached hydrogens (tertiary/aromatic N) is 6. The van der Waals surface area contributed by atoms with Crippen LogP contribution in [-0.4, -0.2) is 112 Å². The van der Waals surface area contributed by atoms with E-state index in [1.165, 1.54) is 54.2 Å². The first-order valence-electron chi connectivity index (χ1n) is 17.8. The smallest absolute Gasteiger partial charge is 0.422 e. The van der Waals surface area contributed by atoms with Gasteiger partial charge in [-0.15, -0.1) is 11.8 Å². The number of amides is 1. The molecule has 2 saturated heterocycles. The van der Waals surface area contributed by atoms with Crippen LogP contribution in [0.2, 0.25) is 0 Å². The maximum atomic E-state index is 15.7. The summed E-state index contributed by atoms with van der Waals surface area (Å²) in [5.74, 6) is -3.74. The number of nitriles is 1. The number of carbonyl (C=O) groups is 3. The minimum absolute atomic E-state index is 0.158. The molecule has 3 aromatic rings. The average Bonchev–Trinajstić information content (AvgIpc) is 3.69. The molecular weight excluding hydrogens is 770 g/mol. The van der Waals surface area contributed by atoms with Gasteiger partial charge in [0, 0.05) is 67.7 Å². The van der Waals surface area contributed by atoms with E-state index in [1.807, 2.05) is 13.1 Å². The fraction of sp³-hybridized carbons (Fsp3) is 0.385. The summed E-state index contributed by atoms with van der Waals surface area (Å²) in [5, 5.41) is 11.9. The van der Waals surface area contributed by atoms with Crippen molar-refractivity contribution in [2.45, 2.75) is 49.1 Å². The summed E-state index contributed by atoms with van der Waals surface area (Å²) in [7, 11) is 1.94. The lowest BCUT2D eigenvalue weighted by Crippen LogP contribution is -2.47. The molecule has 0 N–H and O–H groups in total. The Kier molecular flexibility index (Phi) is 15.0. The third-order valence-corrected chi connectivity index (χ3v) is 10.4. The SMILES string of the molecule is CC(OC(=O)/C=C/C(=O)N1CCN(C)CC1)OC(=O)O[C@@](Cn1cncn1)(c1ccc(F)cc1F)[C@@H](C)SC1COC(/C=C/C=C/c2ccc(C#N)cc2F)OC1. The molecule has 0 radical (unpaired) electrons. The number of rotatable bonds is 14. The molecule has 0 bridgehead atoms. The van der Waals surface area contributed by atoms with Crippen LogP contribution in [0, 0.1) is 28.8 Å². The lowest BCUT2D eigenvalue weighted by Gasteiger charge is -2.40. The highest BCUT2D eigenvalue weighted by Gasteiger charge is 2.47. The van der Waals surface area contributed by atoms with Gasteiger partial charge in [0.05, 0.1) is 36.6 Å². The van der Waals surface area contributed by atoms with Gasteiger partial charge in [-0.05, 0) is 44.3 Å². The van der Waals surface area contributed by atoms with Gasteiger partial charge in [-0.25, -0.2) is 32.4 Å². The molecule has 5 rings (SSSR count). The van der Waals surface area contributed by atoms with Crippen molar-refractivity contribution < 1.29 is 51.2 Å². The second-order valence-corrected chi connectivity index (χ2v) is 14.7. The number of halogens is 3. The van der Waals surface area contributed by atoms with Crippen LogP contribution in [0.15, 0.2) is 79.4 Å². The van der Waals surface area contributed by atoms with Gasteiger partial charge >= 0.3 is 12.1 Å². The molecule has 1 amide bonds. The third-order valence-electron chi connectivity index (χ3n) is 8.97. The van der Waals surface area contributed by atoms with Gasteiger partial charge in [0.2, 0.25) is 12.2 Å². The molecule has 18 heteroatoms. The van der Waals surface area contributed by atoms with E-state index in [-0.39, 0.29) is 42.0 Å². The van der Waals surface area contributed by atoms with Crippen molar-refractivity contribution in [2.75, 3.05) is 46.4 Å². The molecule has 57 heavy (non-hydrogen) atoms. The van der Waals surface area contributed by atoms with Crippen LogP contribution in [0.5, 0.6) is 0 Å². The molecule has 2 fully saturated rings. The summed E-state index contributed by atoms with van der Waals surface area (Å²) < 4.78 is 73.6. The molecule has 14 nitrogen and oxygen atoms in total. The first-order chi connectivity index (χ1) is 27.3. The Hall–Kier alpha value is -5.48. The Morgan fingerprint density at radius 2 is 1.77 bits per heavy atom. The van der Waals surface area contributed by atoms with Gasteiger partial charge in [0.1, 0.15) is 30.1 Å².